The van der Waals surface area contributed by atoms with E-state index in [1.807, 2.05) is 17.0 Å². The van der Waals surface area contributed by atoms with Crippen molar-refractivity contribution in [3.05, 3.63) is 71.0 Å². The summed E-state index contributed by atoms with van der Waals surface area (Å²) >= 11 is 0. The monoisotopic (exact) mass is 354 g/mol. The largest absolute Gasteiger partial charge is 0.368 e. The Morgan fingerprint density at radius 2 is 1.96 bits per heavy atom. The van der Waals surface area contributed by atoms with Gasteiger partial charge in [0.15, 0.2) is 0 Å². The zero-order chi connectivity index (χ0) is 18.1. The first-order valence-electron chi connectivity index (χ1n) is 9.13. The molecule has 26 heavy (non-hydrogen) atoms. The van der Waals surface area contributed by atoms with Gasteiger partial charge >= 0.3 is 0 Å². The Bertz CT molecular complexity index is 793. The average molecular weight is 354 g/mol. The van der Waals surface area contributed by atoms with Gasteiger partial charge in [0.05, 0.1) is 12.6 Å². The van der Waals surface area contributed by atoms with E-state index >= 15 is 0 Å². The summed E-state index contributed by atoms with van der Waals surface area (Å²) in [5.41, 5.74) is 8.98. The van der Waals surface area contributed by atoms with Crippen LogP contribution in [0, 0.1) is 11.7 Å². The van der Waals surface area contributed by atoms with Crippen LogP contribution in [0.5, 0.6) is 0 Å². The molecule has 5 heteroatoms. The van der Waals surface area contributed by atoms with E-state index in [-0.39, 0.29) is 23.7 Å². The molecule has 1 amide bonds. The van der Waals surface area contributed by atoms with Gasteiger partial charge in [0.25, 0.3) is 5.91 Å². The van der Waals surface area contributed by atoms with Gasteiger partial charge in [-0.15, -0.1) is 0 Å². The van der Waals surface area contributed by atoms with Crippen molar-refractivity contribution in [1.82, 2.24) is 4.90 Å². The number of amides is 1. The predicted octanol–water partition coefficient (Wildman–Crippen LogP) is 2.66. The maximum atomic E-state index is 13.4. The lowest BCUT2D eigenvalue weighted by Crippen LogP contribution is -2.45. The Labute approximate surface area is 152 Å². The van der Waals surface area contributed by atoms with Crippen molar-refractivity contribution in [2.45, 2.75) is 25.0 Å². The van der Waals surface area contributed by atoms with Crippen molar-refractivity contribution < 1.29 is 13.9 Å². The van der Waals surface area contributed by atoms with Crippen LogP contribution in [0.25, 0.3) is 0 Å². The van der Waals surface area contributed by atoms with Gasteiger partial charge in [0, 0.05) is 6.54 Å². The van der Waals surface area contributed by atoms with E-state index in [0.717, 1.165) is 17.5 Å². The van der Waals surface area contributed by atoms with Crippen molar-refractivity contribution in [3.63, 3.8) is 0 Å². The summed E-state index contributed by atoms with van der Waals surface area (Å²) < 4.78 is 19.2. The van der Waals surface area contributed by atoms with Crippen LogP contribution in [0.4, 0.5) is 4.39 Å². The number of nitrogens with zero attached hydrogens (tertiary/aromatic N) is 1. The van der Waals surface area contributed by atoms with E-state index in [2.05, 4.69) is 12.1 Å². The number of hydrogen-bond acceptors (Lipinski definition) is 3. The summed E-state index contributed by atoms with van der Waals surface area (Å²) in [4.78, 5) is 15.1. The molecule has 2 heterocycles. The highest BCUT2D eigenvalue weighted by Crippen LogP contribution is 2.36. The first kappa shape index (κ1) is 17.2. The molecule has 0 bridgehead atoms. The molecule has 2 N–H and O–H groups in total. The Morgan fingerprint density at radius 3 is 2.69 bits per heavy atom. The van der Waals surface area contributed by atoms with Crippen molar-refractivity contribution in [1.29, 1.82) is 0 Å². The van der Waals surface area contributed by atoms with Crippen LogP contribution >= 0.6 is 0 Å². The number of rotatable bonds is 3. The number of halogens is 1. The number of nitrogens with two attached hydrogens (primary N) is 1. The molecule has 2 aromatic carbocycles. The quantitative estimate of drug-likeness (QED) is 0.922. The van der Waals surface area contributed by atoms with E-state index in [0.29, 0.717) is 26.1 Å². The molecule has 4 nitrogen and oxygen atoms in total. The van der Waals surface area contributed by atoms with Gasteiger partial charge in [-0.1, -0.05) is 36.4 Å². The van der Waals surface area contributed by atoms with E-state index in [1.165, 1.54) is 17.7 Å². The Morgan fingerprint density at radius 1 is 1.19 bits per heavy atom. The fraction of sp³-hybridized carbons (Fsp3) is 0.381. The number of ether oxygens (including phenoxy) is 1. The van der Waals surface area contributed by atoms with E-state index in [9.17, 15) is 9.18 Å². The second-order valence-corrected chi connectivity index (χ2v) is 7.09. The van der Waals surface area contributed by atoms with Gasteiger partial charge in [-0.25, -0.2) is 4.39 Å². The predicted molar refractivity (Wildman–Crippen MR) is 97.0 cm³/mol. The summed E-state index contributed by atoms with van der Waals surface area (Å²) in [6.07, 6.45) is 1.05. The first-order chi connectivity index (χ1) is 12.7. The Hall–Kier alpha value is -2.24. The molecule has 2 aromatic rings. The van der Waals surface area contributed by atoms with Gasteiger partial charge in [0.1, 0.15) is 11.9 Å². The molecular formula is C21H23FN2O2. The third kappa shape index (κ3) is 3.13. The number of benzene rings is 2. The maximum absolute atomic E-state index is 13.4. The van der Waals surface area contributed by atoms with Gasteiger partial charge in [-0.2, -0.15) is 0 Å². The molecule has 0 unspecified atom stereocenters. The fourth-order valence-corrected chi connectivity index (χ4v) is 4.02. The number of carbonyl (C=O) groups is 1. The molecule has 136 valence electrons. The molecule has 0 spiro atoms. The highest BCUT2D eigenvalue weighted by molar-refractivity contribution is 5.82. The van der Waals surface area contributed by atoms with E-state index < -0.39 is 6.10 Å². The second-order valence-electron chi connectivity index (χ2n) is 7.09. The van der Waals surface area contributed by atoms with Crippen LogP contribution < -0.4 is 5.73 Å². The number of hydrogen-bond donors (Lipinski definition) is 1. The minimum atomic E-state index is -0.434. The van der Waals surface area contributed by atoms with Crippen LogP contribution in [-0.2, 0) is 16.0 Å². The van der Waals surface area contributed by atoms with Crippen molar-refractivity contribution >= 4 is 5.91 Å². The average Bonchev–Trinajstić information content (AvgIpc) is 3.16. The number of fused-ring (bicyclic) bond motifs is 1. The SMILES string of the molecule is NC[C@H]1CO[C@H](C(=O)N2CCc3ccccc3[C@@H]2c2ccc(F)cc2)C1. The van der Waals surface area contributed by atoms with E-state index in [4.69, 9.17) is 10.5 Å². The van der Waals surface area contributed by atoms with Gasteiger partial charge < -0.3 is 15.4 Å². The second kappa shape index (κ2) is 7.17. The van der Waals surface area contributed by atoms with Crippen molar-refractivity contribution in [2.75, 3.05) is 19.7 Å². The van der Waals surface area contributed by atoms with Crippen LogP contribution in [-0.4, -0.2) is 36.6 Å². The highest BCUT2D eigenvalue weighted by Gasteiger charge is 2.38. The Kier molecular flexibility index (Phi) is 4.74. The molecule has 2 aliphatic rings. The molecule has 0 saturated carbocycles. The van der Waals surface area contributed by atoms with E-state index in [1.54, 1.807) is 12.1 Å². The lowest BCUT2D eigenvalue weighted by atomic mass is 9.87. The molecule has 0 radical (unpaired) electrons. The zero-order valence-electron chi connectivity index (χ0n) is 14.6. The lowest BCUT2D eigenvalue weighted by molar-refractivity contribution is -0.143. The molecule has 3 atom stereocenters. The third-order valence-electron chi connectivity index (χ3n) is 5.44. The molecule has 0 aromatic heterocycles. The van der Waals surface area contributed by atoms with Gasteiger partial charge in [-0.3, -0.25) is 4.79 Å². The van der Waals surface area contributed by atoms with Crippen LogP contribution in [0.1, 0.15) is 29.2 Å². The smallest absolute Gasteiger partial charge is 0.252 e. The topological polar surface area (TPSA) is 55.6 Å². The standard InChI is InChI=1S/C21H23FN2O2/c22-17-7-5-16(6-8-17)20-18-4-2-1-3-15(18)9-10-24(20)21(25)19-11-14(12-23)13-26-19/h1-8,14,19-20H,9-13,23H2/t14-,19-,20-/m0/s1. The van der Waals surface area contributed by atoms with Gasteiger partial charge in [0.2, 0.25) is 0 Å². The summed E-state index contributed by atoms with van der Waals surface area (Å²) in [5, 5.41) is 0. The summed E-state index contributed by atoms with van der Waals surface area (Å²) in [6, 6.07) is 14.4. The minimum absolute atomic E-state index is 0.00442. The van der Waals surface area contributed by atoms with Crippen molar-refractivity contribution in [3.8, 4) is 0 Å². The van der Waals surface area contributed by atoms with Crippen LogP contribution in [0.2, 0.25) is 0 Å². The molecule has 2 aliphatic heterocycles. The first-order valence-corrected chi connectivity index (χ1v) is 9.13. The molecule has 1 saturated heterocycles. The molecule has 1 fully saturated rings. The van der Waals surface area contributed by atoms with Gasteiger partial charge in [-0.05, 0) is 54.1 Å². The van der Waals surface area contributed by atoms with Crippen molar-refractivity contribution in [2.24, 2.45) is 11.7 Å². The Balaban J connectivity index is 1.69. The normalized spacial score (nSPS) is 25.2. The lowest BCUT2D eigenvalue weighted by Gasteiger charge is -2.39. The molecule has 4 rings (SSSR count). The molecular weight excluding hydrogens is 331 g/mol. The fourth-order valence-electron chi connectivity index (χ4n) is 4.02. The van der Waals surface area contributed by atoms with Crippen LogP contribution in [0.3, 0.4) is 0 Å². The summed E-state index contributed by atoms with van der Waals surface area (Å²) in [5.74, 6) is -0.0317. The minimum Gasteiger partial charge on any atom is -0.368 e. The third-order valence-corrected chi connectivity index (χ3v) is 5.44. The summed E-state index contributed by atoms with van der Waals surface area (Å²) in [7, 11) is 0. The van der Waals surface area contributed by atoms with Crippen LogP contribution in [0.15, 0.2) is 48.5 Å². The zero-order valence-corrected chi connectivity index (χ0v) is 14.6. The summed E-state index contributed by atoms with van der Waals surface area (Å²) in [6.45, 7) is 1.71. The molecule has 0 aliphatic carbocycles. The highest BCUT2D eigenvalue weighted by atomic mass is 19.1. The maximum Gasteiger partial charge on any atom is 0.252 e. The number of carbonyl (C=O) groups excluding carboxylic acids is 1.